The van der Waals surface area contributed by atoms with Gasteiger partial charge in [-0.3, -0.25) is 0 Å². The second kappa shape index (κ2) is 26.9. The highest BCUT2D eigenvalue weighted by molar-refractivity contribution is 5.20. The number of nitrogens with zero attached hydrogens (tertiary/aromatic N) is 1. The van der Waals surface area contributed by atoms with Gasteiger partial charge in [-0.1, -0.05) is 0 Å². The van der Waals surface area contributed by atoms with Gasteiger partial charge in [-0.05, 0) is 0 Å². The monoisotopic (exact) mass is 63.0 g/mol. The average Bonchev–Trinajstić information content (AvgIpc) is 0.918. The Bertz CT molecular complexity index is 13.5. The van der Waals surface area contributed by atoms with E-state index in [9.17, 15) is 0 Å². The fourth-order valence-electron chi connectivity index (χ4n) is 0. The van der Waals surface area contributed by atoms with Crippen LogP contribution in [-0.2, 0) is 0 Å². The van der Waals surface area contributed by atoms with E-state index in [2.05, 4.69) is 11.9 Å². The minimum atomic E-state index is 0. The molecule has 0 radical (unpaired) electrons. The van der Waals surface area contributed by atoms with E-state index in [0.29, 0.717) is 0 Å². The lowest BCUT2D eigenvalue weighted by Gasteiger charge is -1.43. The fourth-order valence-corrected chi connectivity index (χ4v) is 0. The van der Waals surface area contributed by atoms with Crippen molar-refractivity contribution in [2.24, 2.45) is 5.16 Å². The first-order chi connectivity index (χ1) is 1.41. The highest BCUT2D eigenvalue weighted by atomic mass is 16.4. The van der Waals surface area contributed by atoms with Gasteiger partial charge in [-0.25, -0.2) is 0 Å². The summed E-state index contributed by atoms with van der Waals surface area (Å²) in [7, 11) is 0. The van der Waals surface area contributed by atoms with Crippen molar-refractivity contribution in [3.63, 3.8) is 0 Å². The van der Waals surface area contributed by atoms with Crippen molar-refractivity contribution in [3.8, 4) is 0 Å². The van der Waals surface area contributed by atoms with Gasteiger partial charge in [0.2, 0.25) is 0 Å². The zero-order chi connectivity index (χ0) is 2.71. The Kier molecular flexibility index (Phi) is 66.5. The van der Waals surface area contributed by atoms with Crippen LogP contribution in [0.4, 0.5) is 0 Å². The molecule has 0 bridgehead atoms. The summed E-state index contributed by atoms with van der Waals surface area (Å²) < 4.78 is 0. The first-order valence-electron chi connectivity index (χ1n) is 0.516. The molecule has 3 N–H and O–H groups in total. The highest BCUT2D eigenvalue weighted by Gasteiger charge is 1.06. The van der Waals surface area contributed by atoms with E-state index >= 15 is 0 Å². The number of hydrogen-bond donors (Lipinski definition) is 1. The summed E-state index contributed by atoms with van der Waals surface area (Å²) in [6, 6.07) is 0. The Morgan fingerprint density at radius 2 is 1.75 bits per heavy atom. The third kappa shape index (κ3) is 0.814. The summed E-state index contributed by atoms with van der Waals surface area (Å²) in [6.07, 6.45) is 0. The van der Waals surface area contributed by atoms with Gasteiger partial charge in [0.1, 0.15) is 0 Å². The number of oxime groups is 1. The van der Waals surface area contributed by atoms with Crippen molar-refractivity contribution < 1.29 is 10.7 Å². The fraction of sp³-hybridized carbons (Fsp3) is 0. The lowest BCUT2D eigenvalue weighted by atomic mass is 11.8. The van der Waals surface area contributed by atoms with Crippen molar-refractivity contribution in [2.45, 2.75) is 0 Å². The number of rotatable bonds is 0. The van der Waals surface area contributed by atoms with Crippen molar-refractivity contribution >= 4 is 6.72 Å². The van der Waals surface area contributed by atoms with Crippen molar-refractivity contribution in [2.75, 3.05) is 0 Å². The predicted molar refractivity (Wildman–Crippen MR) is 14.9 cm³/mol. The molecule has 3 heteroatoms. The van der Waals surface area contributed by atoms with Gasteiger partial charge in [-0.15, -0.1) is 5.16 Å². The van der Waals surface area contributed by atoms with Crippen LogP contribution >= 0.6 is 0 Å². The normalized spacial score (nSPS) is 3.00. The predicted octanol–water partition coefficient (Wildman–Crippen LogP) is -0.748. The lowest BCUT2D eigenvalue weighted by Crippen LogP contribution is -1.30. The molecule has 0 rings (SSSR count). The molecule has 4 heavy (non-hydrogen) atoms. The van der Waals surface area contributed by atoms with Gasteiger partial charge < -0.3 is 10.7 Å². The zero-order valence-corrected chi connectivity index (χ0v) is 2.10. The largest absolute Gasteiger partial charge is 0.412 e. The van der Waals surface area contributed by atoms with E-state index in [1.54, 1.807) is 0 Å². The minimum absolute atomic E-state index is 0. The summed E-state index contributed by atoms with van der Waals surface area (Å²) in [6.45, 7) is 2.67. The van der Waals surface area contributed by atoms with Crippen LogP contribution in [0.1, 0.15) is 0 Å². The molecule has 0 amide bonds. The molecular weight excluding hydrogens is 58.0 g/mol. The van der Waals surface area contributed by atoms with Crippen LogP contribution in [0.5, 0.6) is 0 Å². The molecule has 3 nitrogen and oxygen atoms in total. The molecular formula is CH5NO2. The zero-order valence-electron chi connectivity index (χ0n) is 2.10. The molecule has 0 aromatic heterocycles. The quantitative estimate of drug-likeness (QED) is 0.224. The van der Waals surface area contributed by atoms with Gasteiger partial charge in [0.25, 0.3) is 0 Å². The third-order valence-corrected chi connectivity index (χ3v) is 0. The standard InChI is InChI=1S/CH3NO.H2O/c1-2-3;/h3H,1H2;1H2. The Balaban J connectivity index is 0. The summed E-state index contributed by atoms with van der Waals surface area (Å²) in [5.41, 5.74) is 0. The summed E-state index contributed by atoms with van der Waals surface area (Å²) in [5.74, 6) is 0. The third-order valence-electron chi connectivity index (χ3n) is 0. The van der Waals surface area contributed by atoms with Crippen LogP contribution in [0.3, 0.4) is 0 Å². The Hall–Kier alpha value is -0.570. The molecule has 0 aromatic rings. The smallest absolute Gasteiger partial charge is 0.0298 e. The van der Waals surface area contributed by atoms with Gasteiger partial charge >= 0.3 is 0 Å². The van der Waals surface area contributed by atoms with E-state index in [1.807, 2.05) is 0 Å². The van der Waals surface area contributed by atoms with Crippen molar-refractivity contribution in [1.82, 2.24) is 0 Å². The van der Waals surface area contributed by atoms with E-state index in [-0.39, 0.29) is 5.48 Å². The molecule has 0 aliphatic carbocycles. The van der Waals surface area contributed by atoms with Crippen LogP contribution in [0, 0.1) is 0 Å². The van der Waals surface area contributed by atoms with Gasteiger partial charge in [-0.2, -0.15) is 0 Å². The van der Waals surface area contributed by atoms with Gasteiger partial charge in [0, 0.05) is 6.72 Å². The molecule has 0 aliphatic rings. The molecule has 0 aromatic carbocycles. The second-order valence-corrected chi connectivity index (χ2v) is 0.141. The molecule has 0 spiro atoms. The van der Waals surface area contributed by atoms with Crippen molar-refractivity contribution in [1.29, 1.82) is 0 Å². The Labute approximate surface area is 23.9 Å². The highest BCUT2D eigenvalue weighted by Crippen LogP contribution is 1.20. The molecule has 26 valence electrons. The molecule has 0 atom stereocenters. The maximum Gasteiger partial charge on any atom is 0.0298 e. The summed E-state index contributed by atoms with van der Waals surface area (Å²) in [5, 5.41) is 9.33. The Morgan fingerprint density at radius 3 is 1.75 bits per heavy atom. The van der Waals surface area contributed by atoms with Gasteiger partial charge in [0.15, 0.2) is 0 Å². The molecule has 0 saturated heterocycles. The molecule has 0 saturated carbocycles. The molecule has 0 heterocycles. The van der Waals surface area contributed by atoms with Crippen LogP contribution in [0.15, 0.2) is 5.16 Å². The van der Waals surface area contributed by atoms with Crippen LogP contribution in [-0.4, -0.2) is 17.4 Å². The Morgan fingerprint density at radius 1 is 1.75 bits per heavy atom. The first-order valence-corrected chi connectivity index (χ1v) is 0.516. The molecule has 0 fully saturated rings. The lowest BCUT2D eigenvalue weighted by molar-refractivity contribution is 0.323. The maximum atomic E-state index is 7.08. The van der Waals surface area contributed by atoms with Crippen molar-refractivity contribution in [3.05, 3.63) is 0 Å². The topological polar surface area (TPSA) is 64.1 Å². The first kappa shape index (κ1) is 9.90. The SMILES string of the molecule is C=NO.O. The van der Waals surface area contributed by atoms with E-state index < -0.39 is 0 Å². The van der Waals surface area contributed by atoms with Gasteiger partial charge in [0.05, 0.1) is 0 Å². The van der Waals surface area contributed by atoms with Crippen LogP contribution in [0.25, 0.3) is 0 Å². The van der Waals surface area contributed by atoms with Crippen LogP contribution < -0.4 is 0 Å². The average molecular weight is 63.1 g/mol. The summed E-state index contributed by atoms with van der Waals surface area (Å²) in [4.78, 5) is 0. The maximum absolute atomic E-state index is 7.08. The van der Waals surface area contributed by atoms with E-state index in [4.69, 9.17) is 5.21 Å². The van der Waals surface area contributed by atoms with Crippen LogP contribution in [0.2, 0.25) is 0 Å². The minimum Gasteiger partial charge on any atom is -0.412 e. The number of hydrogen-bond acceptors (Lipinski definition) is 2. The van der Waals surface area contributed by atoms with E-state index in [0.717, 1.165) is 0 Å². The summed E-state index contributed by atoms with van der Waals surface area (Å²) >= 11 is 0. The molecule has 0 unspecified atom stereocenters. The second-order valence-electron chi connectivity index (χ2n) is 0.141. The van der Waals surface area contributed by atoms with E-state index in [1.165, 1.54) is 0 Å². The molecule has 0 aliphatic heterocycles.